The Morgan fingerprint density at radius 3 is 1.65 bits per heavy atom. The Hall–Kier alpha value is -3.12. The van der Waals surface area contributed by atoms with Crippen LogP contribution in [0.2, 0.25) is 0 Å². The second-order valence-corrected chi connectivity index (χ2v) is 9.86. The third kappa shape index (κ3) is 5.95. The summed E-state index contributed by atoms with van der Waals surface area (Å²) in [5.41, 5.74) is 5.29. The molecule has 3 aromatic rings. The molecular weight excluding hydrogens is 408 g/mol. The lowest BCUT2D eigenvalue weighted by Gasteiger charge is -2.23. The molecule has 162 valence electrons. The summed E-state index contributed by atoms with van der Waals surface area (Å²) >= 11 is 0. The van der Waals surface area contributed by atoms with Crippen LogP contribution in [-0.2, 0) is 23.1 Å². The van der Waals surface area contributed by atoms with Gasteiger partial charge in [-0.15, -0.1) is 0 Å². The van der Waals surface area contributed by atoms with E-state index < -0.39 is 10.0 Å². The Morgan fingerprint density at radius 1 is 0.742 bits per heavy atom. The number of benzene rings is 3. The van der Waals surface area contributed by atoms with Crippen molar-refractivity contribution in [3.8, 4) is 0 Å². The summed E-state index contributed by atoms with van der Waals surface area (Å²) in [5, 5.41) is 0. The molecule has 0 aliphatic heterocycles. The fraction of sp³-hybridized carbons (Fsp3) is 0.240. The van der Waals surface area contributed by atoms with Crippen LogP contribution in [0.5, 0.6) is 0 Å². The number of nitrogens with zero attached hydrogens (tertiary/aromatic N) is 2. The van der Waals surface area contributed by atoms with E-state index in [9.17, 15) is 13.2 Å². The predicted molar refractivity (Wildman–Crippen MR) is 126 cm³/mol. The number of rotatable bonds is 7. The highest BCUT2D eigenvalue weighted by Crippen LogP contribution is 2.22. The minimum Gasteiger partial charge on any atom is -0.337 e. The minimum absolute atomic E-state index is 0.114. The lowest BCUT2D eigenvalue weighted by atomic mass is 10.1. The van der Waals surface area contributed by atoms with Gasteiger partial charge in [0.25, 0.3) is 5.91 Å². The van der Waals surface area contributed by atoms with Crippen molar-refractivity contribution in [1.82, 2.24) is 4.90 Å². The van der Waals surface area contributed by atoms with Gasteiger partial charge in [-0.05, 0) is 49.2 Å². The first-order chi connectivity index (χ1) is 14.6. The highest BCUT2D eigenvalue weighted by atomic mass is 32.2. The maximum atomic E-state index is 12.8. The molecule has 0 spiro atoms. The highest BCUT2D eigenvalue weighted by Gasteiger charge is 2.19. The maximum absolute atomic E-state index is 12.8. The molecule has 3 aromatic carbocycles. The molecule has 3 rings (SSSR count). The molecule has 0 N–H and O–H groups in total. The zero-order chi connectivity index (χ0) is 22.6. The number of carbonyl (C=O) groups is 1. The van der Waals surface area contributed by atoms with Gasteiger partial charge in [-0.3, -0.25) is 9.10 Å². The zero-order valence-corrected chi connectivity index (χ0v) is 19.2. The lowest BCUT2D eigenvalue weighted by molar-refractivity contribution is 0.0785. The summed E-state index contributed by atoms with van der Waals surface area (Å²) < 4.78 is 26.2. The molecule has 0 radical (unpaired) electrons. The standard InChI is InChI=1S/C25H28N2O3S/c1-19-5-9-21(10-6-19)17-26(3)25(28)23-13-15-24(16-14-23)27(31(4,29)30)18-22-11-7-20(2)8-12-22/h5-16H,17-18H2,1-4H3. The van der Waals surface area contributed by atoms with Gasteiger partial charge < -0.3 is 4.90 Å². The molecule has 31 heavy (non-hydrogen) atoms. The van der Waals surface area contributed by atoms with Crippen molar-refractivity contribution in [3.05, 3.63) is 101 Å². The van der Waals surface area contributed by atoms with Crippen LogP contribution in [0.3, 0.4) is 0 Å². The number of hydrogen-bond acceptors (Lipinski definition) is 3. The number of sulfonamides is 1. The molecule has 1 amide bonds. The number of hydrogen-bond donors (Lipinski definition) is 0. The van der Waals surface area contributed by atoms with Crippen LogP contribution in [0.4, 0.5) is 5.69 Å². The summed E-state index contributed by atoms with van der Waals surface area (Å²) in [6.45, 7) is 4.76. The summed E-state index contributed by atoms with van der Waals surface area (Å²) in [7, 11) is -1.72. The fourth-order valence-electron chi connectivity index (χ4n) is 3.29. The Labute approximate surface area is 185 Å². The van der Waals surface area contributed by atoms with Crippen LogP contribution < -0.4 is 4.31 Å². The van der Waals surface area contributed by atoms with Crippen LogP contribution in [0.15, 0.2) is 72.8 Å². The predicted octanol–water partition coefficient (Wildman–Crippen LogP) is 4.54. The van der Waals surface area contributed by atoms with Gasteiger partial charge in [0.1, 0.15) is 0 Å². The van der Waals surface area contributed by atoms with E-state index in [2.05, 4.69) is 0 Å². The number of carbonyl (C=O) groups excluding carboxylic acids is 1. The second-order valence-electron chi connectivity index (χ2n) is 7.95. The van der Waals surface area contributed by atoms with Crippen LogP contribution in [0.1, 0.15) is 32.6 Å². The van der Waals surface area contributed by atoms with Crippen LogP contribution >= 0.6 is 0 Å². The van der Waals surface area contributed by atoms with Gasteiger partial charge in [-0.25, -0.2) is 8.42 Å². The summed E-state index contributed by atoms with van der Waals surface area (Å²) in [6.07, 6.45) is 1.19. The molecule has 0 unspecified atom stereocenters. The molecule has 0 bridgehead atoms. The van der Waals surface area contributed by atoms with E-state index in [0.717, 1.165) is 16.7 Å². The Morgan fingerprint density at radius 2 is 1.19 bits per heavy atom. The molecule has 0 atom stereocenters. The third-order valence-corrected chi connectivity index (χ3v) is 6.28. The van der Waals surface area contributed by atoms with Gasteiger partial charge in [0, 0.05) is 19.2 Å². The Balaban J connectivity index is 1.76. The zero-order valence-electron chi connectivity index (χ0n) is 18.4. The van der Waals surface area contributed by atoms with E-state index in [4.69, 9.17) is 0 Å². The molecule has 6 heteroatoms. The summed E-state index contributed by atoms with van der Waals surface area (Å²) in [5.74, 6) is -0.114. The quantitative estimate of drug-likeness (QED) is 0.546. The molecule has 0 heterocycles. The van der Waals surface area contributed by atoms with Crippen LogP contribution in [-0.4, -0.2) is 32.5 Å². The van der Waals surface area contributed by atoms with Crippen molar-refractivity contribution in [2.24, 2.45) is 0 Å². The number of anilines is 1. The largest absolute Gasteiger partial charge is 0.337 e. The van der Waals surface area contributed by atoms with Gasteiger partial charge >= 0.3 is 0 Å². The van der Waals surface area contributed by atoms with E-state index in [1.54, 1.807) is 36.2 Å². The molecule has 0 aromatic heterocycles. The minimum atomic E-state index is -3.48. The first-order valence-corrected chi connectivity index (χ1v) is 11.9. The van der Waals surface area contributed by atoms with Gasteiger partial charge in [-0.2, -0.15) is 0 Å². The normalized spacial score (nSPS) is 11.2. The lowest BCUT2D eigenvalue weighted by Crippen LogP contribution is -2.29. The average Bonchev–Trinajstić information content (AvgIpc) is 2.73. The van der Waals surface area contributed by atoms with Crippen LogP contribution in [0.25, 0.3) is 0 Å². The molecular formula is C25H28N2O3S. The third-order valence-electron chi connectivity index (χ3n) is 5.14. The Bertz CT molecular complexity index is 1140. The molecule has 0 aliphatic rings. The maximum Gasteiger partial charge on any atom is 0.253 e. The smallest absolute Gasteiger partial charge is 0.253 e. The monoisotopic (exact) mass is 436 g/mol. The van der Waals surface area contributed by atoms with Crippen molar-refractivity contribution in [2.45, 2.75) is 26.9 Å². The van der Waals surface area contributed by atoms with Gasteiger partial charge in [0.15, 0.2) is 0 Å². The SMILES string of the molecule is Cc1ccc(CN(C)C(=O)c2ccc(N(Cc3ccc(C)cc3)S(C)(=O)=O)cc2)cc1. The van der Waals surface area contributed by atoms with Crippen molar-refractivity contribution in [3.63, 3.8) is 0 Å². The first kappa shape index (κ1) is 22.6. The molecule has 0 saturated carbocycles. The topological polar surface area (TPSA) is 57.7 Å². The number of aryl methyl sites for hydroxylation is 2. The van der Waals surface area contributed by atoms with E-state index in [1.165, 1.54) is 16.1 Å². The van der Waals surface area contributed by atoms with Crippen molar-refractivity contribution in [1.29, 1.82) is 0 Å². The summed E-state index contributed by atoms with van der Waals surface area (Å²) in [6, 6.07) is 22.6. The van der Waals surface area contributed by atoms with E-state index in [0.29, 0.717) is 17.8 Å². The van der Waals surface area contributed by atoms with Gasteiger partial charge in [0.05, 0.1) is 18.5 Å². The second kappa shape index (κ2) is 9.35. The van der Waals surface area contributed by atoms with Crippen molar-refractivity contribution in [2.75, 3.05) is 17.6 Å². The number of amides is 1. The van der Waals surface area contributed by atoms with Crippen LogP contribution in [0, 0.1) is 13.8 Å². The molecule has 0 saturated heterocycles. The van der Waals surface area contributed by atoms with Gasteiger partial charge in [0.2, 0.25) is 10.0 Å². The average molecular weight is 437 g/mol. The molecule has 0 aliphatic carbocycles. The first-order valence-electron chi connectivity index (χ1n) is 10.1. The fourth-order valence-corrected chi connectivity index (χ4v) is 4.18. The summed E-state index contributed by atoms with van der Waals surface area (Å²) in [4.78, 5) is 14.5. The molecule has 5 nitrogen and oxygen atoms in total. The van der Waals surface area contributed by atoms with Crippen molar-refractivity contribution >= 4 is 21.6 Å². The molecule has 0 fully saturated rings. The van der Waals surface area contributed by atoms with Gasteiger partial charge in [-0.1, -0.05) is 59.7 Å². The highest BCUT2D eigenvalue weighted by molar-refractivity contribution is 7.92. The Kier molecular flexibility index (Phi) is 6.81. The van der Waals surface area contributed by atoms with E-state index >= 15 is 0 Å². The van der Waals surface area contributed by atoms with Crippen molar-refractivity contribution < 1.29 is 13.2 Å². The van der Waals surface area contributed by atoms with E-state index in [-0.39, 0.29) is 12.5 Å². The van der Waals surface area contributed by atoms with E-state index in [1.807, 2.05) is 62.4 Å².